The summed E-state index contributed by atoms with van der Waals surface area (Å²) in [7, 11) is 0. The van der Waals surface area contributed by atoms with Crippen LogP contribution in [-0.4, -0.2) is 35.6 Å². The van der Waals surface area contributed by atoms with Gasteiger partial charge < -0.3 is 19.4 Å². The maximum absolute atomic E-state index is 12.1. The Morgan fingerprint density at radius 3 is 2.50 bits per heavy atom. The Morgan fingerprint density at radius 2 is 1.82 bits per heavy atom. The molecule has 1 amide bonds. The summed E-state index contributed by atoms with van der Waals surface area (Å²) < 4.78 is 11.8. The van der Waals surface area contributed by atoms with Gasteiger partial charge in [0.25, 0.3) is 5.91 Å². The summed E-state index contributed by atoms with van der Waals surface area (Å²) in [6.07, 6.45) is 0.863. The first-order valence-corrected chi connectivity index (χ1v) is 9.24. The molecule has 0 saturated carbocycles. The SMILES string of the molecule is CCOC(=O)c1cc(C)n(CC(=O)OCC(=O)Nc2cccc(CC)c2)c1C. The van der Waals surface area contributed by atoms with E-state index in [1.54, 1.807) is 37.5 Å². The lowest BCUT2D eigenvalue weighted by molar-refractivity contribution is -0.147. The topological polar surface area (TPSA) is 86.6 Å². The van der Waals surface area contributed by atoms with E-state index < -0.39 is 17.8 Å². The van der Waals surface area contributed by atoms with Gasteiger partial charge in [-0.25, -0.2) is 4.79 Å². The number of aromatic nitrogens is 1. The summed E-state index contributed by atoms with van der Waals surface area (Å²) in [5.74, 6) is -1.40. The van der Waals surface area contributed by atoms with Crippen molar-refractivity contribution in [2.75, 3.05) is 18.5 Å². The third kappa shape index (κ3) is 5.45. The van der Waals surface area contributed by atoms with Crippen molar-refractivity contribution in [1.82, 2.24) is 4.57 Å². The second kappa shape index (κ2) is 9.73. The van der Waals surface area contributed by atoms with Gasteiger partial charge in [0.1, 0.15) is 6.54 Å². The van der Waals surface area contributed by atoms with Gasteiger partial charge in [0.15, 0.2) is 6.61 Å². The van der Waals surface area contributed by atoms with E-state index in [0.29, 0.717) is 16.9 Å². The first-order chi connectivity index (χ1) is 13.3. The van der Waals surface area contributed by atoms with Crippen molar-refractivity contribution >= 4 is 23.5 Å². The van der Waals surface area contributed by atoms with Gasteiger partial charge >= 0.3 is 11.9 Å². The Morgan fingerprint density at radius 1 is 1.07 bits per heavy atom. The molecule has 28 heavy (non-hydrogen) atoms. The molecule has 0 bridgehead atoms. The van der Waals surface area contributed by atoms with E-state index in [-0.39, 0.29) is 19.8 Å². The van der Waals surface area contributed by atoms with Crippen molar-refractivity contribution < 1.29 is 23.9 Å². The van der Waals surface area contributed by atoms with Gasteiger partial charge in [-0.1, -0.05) is 19.1 Å². The highest BCUT2D eigenvalue weighted by Gasteiger charge is 2.19. The van der Waals surface area contributed by atoms with E-state index in [2.05, 4.69) is 5.32 Å². The van der Waals surface area contributed by atoms with Gasteiger partial charge in [0, 0.05) is 17.1 Å². The molecule has 0 unspecified atom stereocenters. The van der Waals surface area contributed by atoms with E-state index in [1.807, 2.05) is 25.1 Å². The molecule has 0 saturated heterocycles. The molecule has 2 rings (SSSR count). The molecule has 7 heteroatoms. The monoisotopic (exact) mass is 386 g/mol. The molecule has 2 aromatic rings. The van der Waals surface area contributed by atoms with Gasteiger partial charge in [-0.15, -0.1) is 0 Å². The Labute approximate surface area is 164 Å². The number of benzene rings is 1. The van der Waals surface area contributed by atoms with Crippen LogP contribution in [0.1, 0.15) is 41.2 Å². The summed E-state index contributed by atoms with van der Waals surface area (Å²) in [6, 6.07) is 9.17. The fourth-order valence-corrected chi connectivity index (χ4v) is 2.85. The van der Waals surface area contributed by atoms with Crippen molar-refractivity contribution in [2.45, 2.75) is 40.7 Å². The molecule has 0 aliphatic rings. The summed E-state index contributed by atoms with van der Waals surface area (Å²) in [5, 5.41) is 2.71. The minimum atomic E-state index is -0.560. The number of amides is 1. The molecule has 0 aliphatic carbocycles. The highest BCUT2D eigenvalue weighted by atomic mass is 16.5. The molecule has 1 N–H and O–H groups in total. The van der Waals surface area contributed by atoms with Crippen molar-refractivity contribution in [1.29, 1.82) is 0 Å². The second-order valence-corrected chi connectivity index (χ2v) is 6.35. The number of carbonyl (C=O) groups excluding carboxylic acids is 3. The molecule has 0 atom stereocenters. The van der Waals surface area contributed by atoms with Crippen molar-refractivity contribution in [3.63, 3.8) is 0 Å². The minimum Gasteiger partial charge on any atom is -0.462 e. The highest BCUT2D eigenvalue weighted by molar-refractivity contribution is 5.93. The number of nitrogens with one attached hydrogen (secondary N) is 1. The van der Waals surface area contributed by atoms with Gasteiger partial charge in [-0.2, -0.15) is 0 Å². The van der Waals surface area contributed by atoms with E-state index in [4.69, 9.17) is 9.47 Å². The third-order valence-electron chi connectivity index (χ3n) is 4.34. The van der Waals surface area contributed by atoms with Crippen LogP contribution in [0.3, 0.4) is 0 Å². The van der Waals surface area contributed by atoms with Crippen molar-refractivity contribution in [3.8, 4) is 0 Å². The van der Waals surface area contributed by atoms with Crippen molar-refractivity contribution in [3.05, 3.63) is 52.8 Å². The average Bonchev–Trinajstić information content (AvgIpc) is 2.95. The van der Waals surface area contributed by atoms with Crippen LogP contribution in [0.5, 0.6) is 0 Å². The van der Waals surface area contributed by atoms with Crippen LogP contribution in [0.15, 0.2) is 30.3 Å². The Hall–Kier alpha value is -3.09. The maximum Gasteiger partial charge on any atom is 0.339 e. The summed E-state index contributed by atoms with van der Waals surface area (Å²) in [6.45, 7) is 7.10. The Balaban J connectivity index is 1.92. The molecule has 1 aromatic carbocycles. The van der Waals surface area contributed by atoms with Gasteiger partial charge in [-0.05, 0) is 51.0 Å². The third-order valence-corrected chi connectivity index (χ3v) is 4.34. The van der Waals surface area contributed by atoms with E-state index in [0.717, 1.165) is 17.7 Å². The number of anilines is 1. The number of hydrogen-bond donors (Lipinski definition) is 1. The molecule has 7 nitrogen and oxygen atoms in total. The smallest absolute Gasteiger partial charge is 0.339 e. The quantitative estimate of drug-likeness (QED) is 0.705. The van der Waals surface area contributed by atoms with E-state index in [9.17, 15) is 14.4 Å². The van der Waals surface area contributed by atoms with E-state index in [1.165, 1.54) is 0 Å². The fraction of sp³-hybridized carbons (Fsp3) is 0.381. The zero-order valence-corrected chi connectivity index (χ0v) is 16.7. The number of carbonyl (C=O) groups is 3. The molecule has 0 aliphatic heterocycles. The zero-order valence-electron chi connectivity index (χ0n) is 16.7. The van der Waals surface area contributed by atoms with Crippen LogP contribution in [-0.2, 0) is 32.0 Å². The largest absolute Gasteiger partial charge is 0.462 e. The van der Waals surface area contributed by atoms with Crippen molar-refractivity contribution in [2.24, 2.45) is 0 Å². The Bertz CT molecular complexity index is 870. The number of hydrogen-bond acceptors (Lipinski definition) is 5. The van der Waals surface area contributed by atoms with Gasteiger partial charge in [0.2, 0.25) is 0 Å². The molecule has 0 radical (unpaired) electrons. The first-order valence-electron chi connectivity index (χ1n) is 9.24. The lowest BCUT2D eigenvalue weighted by atomic mass is 10.1. The van der Waals surface area contributed by atoms with Crippen LogP contribution in [0.4, 0.5) is 5.69 Å². The highest BCUT2D eigenvalue weighted by Crippen LogP contribution is 2.16. The summed E-state index contributed by atoms with van der Waals surface area (Å²) >= 11 is 0. The van der Waals surface area contributed by atoms with Crippen LogP contribution in [0, 0.1) is 13.8 Å². The number of esters is 2. The summed E-state index contributed by atoms with van der Waals surface area (Å²) in [5.41, 5.74) is 3.54. The maximum atomic E-state index is 12.1. The molecule has 150 valence electrons. The number of rotatable bonds is 8. The molecule has 0 spiro atoms. The fourth-order valence-electron chi connectivity index (χ4n) is 2.85. The minimum absolute atomic E-state index is 0.0876. The number of nitrogens with zero attached hydrogens (tertiary/aromatic N) is 1. The standard InChI is InChI=1S/C21H26N2O5/c1-5-16-8-7-9-17(11-16)22-19(24)13-28-20(25)12-23-14(3)10-18(15(23)4)21(26)27-6-2/h7-11H,5-6,12-13H2,1-4H3,(H,22,24). The number of ether oxygens (including phenoxy) is 2. The van der Waals surface area contributed by atoms with Crippen LogP contribution < -0.4 is 5.32 Å². The number of aryl methyl sites for hydroxylation is 2. The predicted octanol–water partition coefficient (Wildman–Crippen LogP) is 3.03. The molecular weight excluding hydrogens is 360 g/mol. The molecule has 1 heterocycles. The van der Waals surface area contributed by atoms with Gasteiger partial charge in [0.05, 0.1) is 12.2 Å². The van der Waals surface area contributed by atoms with E-state index >= 15 is 0 Å². The average molecular weight is 386 g/mol. The van der Waals surface area contributed by atoms with Gasteiger partial charge in [-0.3, -0.25) is 9.59 Å². The van der Waals surface area contributed by atoms with Crippen LogP contribution in [0.25, 0.3) is 0 Å². The van der Waals surface area contributed by atoms with Crippen LogP contribution >= 0.6 is 0 Å². The lowest BCUT2D eigenvalue weighted by Crippen LogP contribution is -2.23. The lowest BCUT2D eigenvalue weighted by Gasteiger charge is -2.10. The Kier molecular flexibility index (Phi) is 7.37. The second-order valence-electron chi connectivity index (χ2n) is 6.35. The summed E-state index contributed by atoms with van der Waals surface area (Å²) in [4.78, 5) is 36.1. The molecular formula is C21H26N2O5. The first kappa shape index (κ1) is 21.2. The molecule has 0 fully saturated rings. The normalized spacial score (nSPS) is 10.4. The van der Waals surface area contributed by atoms with Crippen LogP contribution in [0.2, 0.25) is 0 Å². The zero-order chi connectivity index (χ0) is 20.7. The predicted molar refractivity (Wildman–Crippen MR) is 105 cm³/mol. The molecule has 1 aromatic heterocycles.